The molecule has 3 aromatic carbocycles. The minimum atomic E-state index is -3.91. The molecule has 6 aromatic rings. The molecular weight excluding hydrogens is 596 g/mol. The second kappa shape index (κ2) is 12.5. The maximum Gasteiger partial charge on any atom is 0.296 e. The first-order chi connectivity index (χ1) is 21.8. The molecule has 0 aliphatic carbocycles. The van der Waals surface area contributed by atoms with E-state index in [1.807, 2.05) is 42.5 Å². The van der Waals surface area contributed by atoms with Gasteiger partial charge in [0.1, 0.15) is 5.52 Å². The van der Waals surface area contributed by atoms with Crippen LogP contribution in [-0.4, -0.2) is 64.7 Å². The average molecular weight is 625 g/mol. The molecule has 0 aliphatic heterocycles. The van der Waals surface area contributed by atoms with E-state index < -0.39 is 16.0 Å². The highest BCUT2D eigenvalue weighted by Gasteiger charge is 2.23. The molecule has 0 bridgehead atoms. The lowest BCUT2D eigenvalue weighted by Gasteiger charge is -2.23. The minimum absolute atomic E-state index is 0.0700. The van der Waals surface area contributed by atoms with E-state index in [-0.39, 0.29) is 23.8 Å². The lowest BCUT2D eigenvalue weighted by atomic mass is 10.0. The van der Waals surface area contributed by atoms with Gasteiger partial charge in [-0.25, -0.2) is 9.67 Å². The highest BCUT2D eigenvalue weighted by atomic mass is 32.2. The van der Waals surface area contributed by atoms with Gasteiger partial charge in [-0.1, -0.05) is 23.4 Å². The SMILES string of the molecule is COS(=O)(=O)c1ccc(N(OCCO)C(=O)c2ccc(-c3ccc4nnn(Cc5ccc6ncccc6c5)c4n3)cc2C)cc1. The van der Waals surface area contributed by atoms with Crippen molar-refractivity contribution in [3.05, 3.63) is 108 Å². The Balaban J connectivity index is 1.27. The van der Waals surface area contributed by atoms with Crippen molar-refractivity contribution in [2.75, 3.05) is 25.4 Å². The summed E-state index contributed by atoms with van der Waals surface area (Å²) in [6, 6.07) is 24.5. The van der Waals surface area contributed by atoms with E-state index in [4.69, 9.17) is 9.82 Å². The fourth-order valence-corrected chi connectivity index (χ4v) is 5.58. The summed E-state index contributed by atoms with van der Waals surface area (Å²) < 4.78 is 30.3. The number of benzene rings is 3. The lowest BCUT2D eigenvalue weighted by molar-refractivity contribution is 0.0527. The first-order valence-electron chi connectivity index (χ1n) is 13.9. The number of rotatable bonds is 10. The number of pyridine rings is 2. The molecule has 0 saturated carbocycles. The first kappa shape index (κ1) is 30.0. The Hall–Kier alpha value is -5.08. The molecule has 0 fully saturated rings. The number of fused-ring (bicyclic) bond motifs is 2. The molecule has 3 aromatic heterocycles. The van der Waals surface area contributed by atoms with Crippen molar-refractivity contribution in [1.29, 1.82) is 0 Å². The van der Waals surface area contributed by atoms with Crippen LogP contribution in [0.3, 0.4) is 0 Å². The number of carbonyl (C=O) groups excluding carboxylic acids is 1. The summed E-state index contributed by atoms with van der Waals surface area (Å²) in [5.74, 6) is -0.494. The van der Waals surface area contributed by atoms with E-state index in [0.29, 0.717) is 34.5 Å². The molecule has 228 valence electrons. The van der Waals surface area contributed by atoms with E-state index >= 15 is 0 Å². The lowest BCUT2D eigenvalue weighted by Crippen LogP contribution is -2.32. The predicted octanol–water partition coefficient (Wildman–Crippen LogP) is 4.30. The molecule has 1 N–H and O–H groups in total. The molecule has 0 radical (unpaired) electrons. The van der Waals surface area contributed by atoms with Crippen molar-refractivity contribution in [3.63, 3.8) is 0 Å². The van der Waals surface area contributed by atoms with Gasteiger partial charge < -0.3 is 5.11 Å². The molecule has 45 heavy (non-hydrogen) atoms. The average Bonchev–Trinajstić information content (AvgIpc) is 3.46. The van der Waals surface area contributed by atoms with Gasteiger partial charge in [0.2, 0.25) is 0 Å². The second-order valence-corrected chi connectivity index (χ2v) is 11.8. The summed E-state index contributed by atoms with van der Waals surface area (Å²) in [4.78, 5) is 28.4. The number of amides is 1. The Morgan fingerprint density at radius 3 is 2.53 bits per heavy atom. The van der Waals surface area contributed by atoms with Gasteiger partial charge in [0, 0.05) is 22.7 Å². The minimum Gasteiger partial charge on any atom is -0.394 e. The topological polar surface area (TPSA) is 150 Å². The molecule has 6 rings (SSSR count). The number of anilines is 1. The van der Waals surface area contributed by atoms with Gasteiger partial charge in [0.05, 0.1) is 48.7 Å². The van der Waals surface area contributed by atoms with Crippen molar-refractivity contribution in [3.8, 4) is 11.3 Å². The summed E-state index contributed by atoms with van der Waals surface area (Å²) in [6.45, 7) is 1.80. The van der Waals surface area contributed by atoms with Crippen LogP contribution in [0.5, 0.6) is 0 Å². The van der Waals surface area contributed by atoms with E-state index in [0.717, 1.165) is 34.2 Å². The van der Waals surface area contributed by atoms with Crippen LogP contribution in [0.4, 0.5) is 5.69 Å². The van der Waals surface area contributed by atoms with Crippen LogP contribution in [0.15, 0.2) is 96.0 Å². The summed E-state index contributed by atoms with van der Waals surface area (Å²) >= 11 is 0. The predicted molar refractivity (Wildman–Crippen MR) is 167 cm³/mol. The smallest absolute Gasteiger partial charge is 0.296 e. The number of hydroxylamine groups is 1. The van der Waals surface area contributed by atoms with Gasteiger partial charge in [-0.05, 0) is 84.8 Å². The standard InChI is InChI=1S/C32H28N6O6S/c1-21-18-24(6-11-27(21)32(40)38(44-17-16-39)25-7-9-26(10-8-25)45(41,42)43-2)29-13-14-30-31(34-29)37(36-35-30)20-22-5-12-28-23(19-22)4-3-15-33-28/h3-15,18-19,39H,16-17,20H2,1-2H3. The van der Waals surface area contributed by atoms with Crippen LogP contribution >= 0.6 is 0 Å². The number of nitrogens with zero attached hydrogens (tertiary/aromatic N) is 6. The van der Waals surface area contributed by atoms with Crippen LogP contribution < -0.4 is 5.06 Å². The maximum absolute atomic E-state index is 13.6. The normalized spacial score (nSPS) is 11.7. The molecule has 1 amide bonds. The monoisotopic (exact) mass is 624 g/mol. The zero-order valence-corrected chi connectivity index (χ0v) is 25.2. The fraction of sp³-hybridized carbons (Fsp3) is 0.156. The second-order valence-electron chi connectivity index (χ2n) is 10.1. The summed E-state index contributed by atoms with van der Waals surface area (Å²) in [5, 5.41) is 20.0. The van der Waals surface area contributed by atoms with Crippen molar-refractivity contribution >= 4 is 43.8 Å². The van der Waals surface area contributed by atoms with Crippen molar-refractivity contribution < 1.29 is 27.3 Å². The van der Waals surface area contributed by atoms with E-state index in [1.54, 1.807) is 29.9 Å². The largest absolute Gasteiger partial charge is 0.394 e. The molecule has 0 saturated heterocycles. The van der Waals surface area contributed by atoms with Gasteiger partial charge >= 0.3 is 0 Å². The van der Waals surface area contributed by atoms with Gasteiger partial charge in [0.25, 0.3) is 16.0 Å². The number of aryl methyl sites for hydroxylation is 1. The number of hydrogen-bond donors (Lipinski definition) is 1. The van der Waals surface area contributed by atoms with Crippen LogP contribution in [0.25, 0.3) is 33.3 Å². The summed E-state index contributed by atoms with van der Waals surface area (Å²) in [7, 11) is -2.84. The third kappa shape index (κ3) is 6.14. The van der Waals surface area contributed by atoms with Gasteiger partial charge in [0.15, 0.2) is 5.65 Å². The number of carbonyl (C=O) groups is 1. The van der Waals surface area contributed by atoms with Crippen LogP contribution in [0, 0.1) is 6.92 Å². The summed E-state index contributed by atoms with van der Waals surface area (Å²) in [5.41, 5.74) is 5.99. The molecule has 3 heterocycles. The van der Waals surface area contributed by atoms with Crippen molar-refractivity contribution in [2.24, 2.45) is 0 Å². The molecule has 0 atom stereocenters. The molecule has 0 aliphatic rings. The fourth-order valence-electron chi connectivity index (χ4n) is 4.92. The molecule has 13 heteroatoms. The van der Waals surface area contributed by atoms with Gasteiger partial charge in [-0.15, -0.1) is 5.10 Å². The highest BCUT2D eigenvalue weighted by Crippen LogP contribution is 2.27. The summed E-state index contributed by atoms with van der Waals surface area (Å²) in [6.07, 6.45) is 1.77. The Labute approximate surface area is 258 Å². The third-order valence-corrected chi connectivity index (χ3v) is 8.48. The maximum atomic E-state index is 13.6. The number of aliphatic hydroxyl groups is 1. The van der Waals surface area contributed by atoms with E-state index in [2.05, 4.69) is 25.5 Å². The highest BCUT2D eigenvalue weighted by molar-refractivity contribution is 7.86. The van der Waals surface area contributed by atoms with E-state index in [1.165, 1.54) is 24.3 Å². The Kier molecular flexibility index (Phi) is 8.32. The third-order valence-electron chi connectivity index (χ3n) is 7.19. The Morgan fingerprint density at radius 1 is 0.978 bits per heavy atom. The van der Waals surface area contributed by atoms with Crippen LogP contribution in [-0.2, 0) is 25.7 Å². The molecule has 0 spiro atoms. The van der Waals surface area contributed by atoms with Gasteiger partial charge in [-0.3, -0.25) is 18.8 Å². The van der Waals surface area contributed by atoms with Crippen molar-refractivity contribution in [1.82, 2.24) is 25.0 Å². The first-order valence-corrected chi connectivity index (χ1v) is 15.3. The zero-order chi connectivity index (χ0) is 31.6. The number of hydrogen-bond acceptors (Lipinski definition) is 10. The Morgan fingerprint density at radius 2 is 1.78 bits per heavy atom. The zero-order valence-electron chi connectivity index (χ0n) is 24.4. The quantitative estimate of drug-likeness (QED) is 0.173. The Bertz CT molecular complexity index is 2130. The number of aromatic nitrogens is 5. The van der Waals surface area contributed by atoms with Crippen LogP contribution in [0.2, 0.25) is 0 Å². The molecule has 0 unspecified atom stereocenters. The molecular formula is C32H28N6O6S. The van der Waals surface area contributed by atoms with Crippen molar-refractivity contribution in [2.45, 2.75) is 18.4 Å². The van der Waals surface area contributed by atoms with Crippen LogP contribution in [0.1, 0.15) is 21.5 Å². The van der Waals surface area contributed by atoms with E-state index in [9.17, 15) is 18.3 Å². The van der Waals surface area contributed by atoms with Gasteiger partial charge in [-0.2, -0.15) is 13.5 Å². The number of aliphatic hydroxyl groups excluding tert-OH is 1. The molecule has 12 nitrogen and oxygen atoms in total.